The fraction of sp³-hybridized carbons (Fsp3) is 0.688. The zero-order valence-electron chi connectivity index (χ0n) is 13.6. The van der Waals surface area contributed by atoms with Crippen LogP contribution in [0.2, 0.25) is 0 Å². The lowest BCUT2D eigenvalue weighted by molar-refractivity contribution is -0.149. The summed E-state index contributed by atoms with van der Waals surface area (Å²) >= 11 is 0. The van der Waals surface area contributed by atoms with Gasteiger partial charge in [-0.2, -0.15) is 5.10 Å². The molecule has 0 bridgehead atoms. The molecule has 6 nitrogen and oxygen atoms in total. The third-order valence-electron chi connectivity index (χ3n) is 4.76. The van der Waals surface area contributed by atoms with E-state index in [1.165, 1.54) is 0 Å². The first kappa shape index (κ1) is 16.5. The maximum Gasteiger partial charge on any atom is 0.329 e. The molecule has 1 aromatic heterocycles. The molecule has 1 fully saturated rings. The van der Waals surface area contributed by atoms with Crippen molar-refractivity contribution in [2.24, 2.45) is 7.05 Å². The number of carbonyl (C=O) groups excluding carboxylic acids is 1. The van der Waals surface area contributed by atoms with Gasteiger partial charge in [0.25, 0.3) is 0 Å². The molecule has 0 atom stereocenters. The number of carboxylic acids is 1. The Morgan fingerprint density at radius 1 is 1.27 bits per heavy atom. The molecule has 0 saturated heterocycles. The van der Waals surface area contributed by atoms with Crippen LogP contribution in [0.4, 0.5) is 0 Å². The van der Waals surface area contributed by atoms with Crippen molar-refractivity contribution in [2.75, 3.05) is 0 Å². The molecule has 1 aromatic rings. The second-order valence-corrected chi connectivity index (χ2v) is 6.27. The number of amides is 1. The van der Waals surface area contributed by atoms with E-state index >= 15 is 0 Å². The predicted octanol–water partition coefficient (Wildman–Crippen LogP) is 1.87. The highest BCUT2D eigenvalue weighted by molar-refractivity contribution is 5.87. The van der Waals surface area contributed by atoms with Gasteiger partial charge >= 0.3 is 5.97 Å². The van der Waals surface area contributed by atoms with E-state index in [-0.39, 0.29) is 5.91 Å². The monoisotopic (exact) mass is 307 g/mol. The van der Waals surface area contributed by atoms with Crippen LogP contribution in [0.1, 0.15) is 55.5 Å². The summed E-state index contributed by atoms with van der Waals surface area (Å²) in [7, 11) is 1.88. The van der Waals surface area contributed by atoms with E-state index in [9.17, 15) is 14.7 Å². The number of nitrogens with zero attached hydrogens (tertiary/aromatic N) is 2. The lowest BCUT2D eigenvalue weighted by Gasteiger charge is -2.34. The van der Waals surface area contributed by atoms with Crippen molar-refractivity contribution in [1.82, 2.24) is 15.1 Å². The molecule has 0 radical (unpaired) electrons. The third kappa shape index (κ3) is 3.31. The van der Waals surface area contributed by atoms with Gasteiger partial charge in [0.15, 0.2) is 0 Å². The molecule has 0 unspecified atom stereocenters. The molecule has 22 heavy (non-hydrogen) atoms. The van der Waals surface area contributed by atoms with Gasteiger partial charge in [-0.05, 0) is 38.7 Å². The molecule has 1 amide bonds. The molecule has 0 spiro atoms. The van der Waals surface area contributed by atoms with Crippen molar-refractivity contribution in [3.05, 3.63) is 17.0 Å². The average molecular weight is 307 g/mol. The molecule has 2 N–H and O–H groups in total. The van der Waals surface area contributed by atoms with E-state index in [4.69, 9.17) is 0 Å². The van der Waals surface area contributed by atoms with Gasteiger partial charge in [0.2, 0.25) is 5.91 Å². The van der Waals surface area contributed by atoms with Crippen LogP contribution in [0.15, 0.2) is 0 Å². The first-order valence-electron chi connectivity index (χ1n) is 7.89. The molecule has 1 heterocycles. The number of aryl methyl sites for hydroxylation is 2. The van der Waals surface area contributed by atoms with Crippen molar-refractivity contribution < 1.29 is 14.7 Å². The van der Waals surface area contributed by atoms with E-state index in [1.54, 1.807) is 0 Å². The summed E-state index contributed by atoms with van der Waals surface area (Å²) < 4.78 is 1.81. The standard InChI is InChI=1S/C16H25N3O3/c1-11-13(12(2)19(3)18-11)7-8-14(20)17-16(15(21)22)9-5-4-6-10-16/h4-10H2,1-3H3,(H,17,20)(H,21,22). The maximum absolute atomic E-state index is 12.2. The Labute approximate surface area is 130 Å². The van der Waals surface area contributed by atoms with Gasteiger partial charge < -0.3 is 10.4 Å². The minimum absolute atomic E-state index is 0.188. The summed E-state index contributed by atoms with van der Waals surface area (Å²) in [5.74, 6) is -1.10. The summed E-state index contributed by atoms with van der Waals surface area (Å²) in [5.41, 5.74) is 1.99. The molecule has 1 saturated carbocycles. The van der Waals surface area contributed by atoms with Crippen LogP contribution in [-0.2, 0) is 23.1 Å². The number of nitrogens with one attached hydrogen (secondary N) is 1. The average Bonchev–Trinajstić information content (AvgIpc) is 2.71. The molecule has 2 rings (SSSR count). The molecule has 1 aliphatic carbocycles. The first-order valence-corrected chi connectivity index (χ1v) is 7.89. The fourth-order valence-electron chi connectivity index (χ4n) is 3.29. The fourth-order valence-corrected chi connectivity index (χ4v) is 3.29. The highest BCUT2D eigenvalue weighted by atomic mass is 16.4. The summed E-state index contributed by atoms with van der Waals surface area (Å²) in [6.07, 6.45) is 4.69. The predicted molar refractivity (Wildman–Crippen MR) is 82.6 cm³/mol. The molecule has 122 valence electrons. The quantitative estimate of drug-likeness (QED) is 0.870. The van der Waals surface area contributed by atoms with Gasteiger partial charge in [0.1, 0.15) is 5.54 Å². The van der Waals surface area contributed by atoms with E-state index in [0.29, 0.717) is 25.7 Å². The van der Waals surface area contributed by atoms with Crippen LogP contribution < -0.4 is 5.32 Å². The van der Waals surface area contributed by atoms with Gasteiger partial charge in [-0.25, -0.2) is 4.79 Å². The Hall–Kier alpha value is -1.85. The lowest BCUT2D eigenvalue weighted by atomic mass is 9.81. The molecule has 0 aliphatic heterocycles. The molecular weight excluding hydrogens is 282 g/mol. The van der Waals surface area contributed by atoms with Crippen LogP contribution in [0.25, 0.3) is 0 Å². The molecule has 6 heteroatoms. The van der Waals surface area contributed by atoms with Crippen molar-refractivity contribution in [3.8, 4) is 0 Å². The van der Waals surface area contributed by atoms with Crippen LogP contribution >= 0.6 is 0 Å². The number of aromatic nitrogens is 2. The van der Waals surface area contributed by atoms with Crippen LogP contribution in [0, 0.1) is 13.8 Å². The largest absolute Gasteiger partial charge is 0.480 e. The van der Waals surface area contributed by atoms with Gasteiger partial charge in [-0.3, -0.25) is 9.48 Å². The van der Waals surface area contributed by atoms with Crippen molar-refractivity contribution in [2.45, 2.75) is 64.3 Å². The second kappa shape index (κ2) is 6.50. The Bertz CT molecular complexity index is 571. The summed E-state index contributed by atoms with van der Waals surface area (Å²) in [6, 6.07) is 0. The highest BCUT2D eigenvalue weighted by Crippen LogP contribution is 2.28. The minimum Gasteiger partial charge on any atom is -0.480 e. The van der Waals surface area contributed by atoms with Crippen molar-refractivity contribution in [3.63, 3.8) is 0 Å². The van der Waals surface area contributed by atoms with E-state index in [0.717, 1.165) is 36.2 Å². The van der Waals surface area contributed by atoms with Crippen molar-refractivity contribution in [1.29, 1.82) is 0 Å². The van der Waals surface area contributed by atoms with E-state index < -0.39 is 11.5 Å². The Morgan fingerprint density at radius 3 is 2.41 bits per heavy atom. The number of hydrogen-bond donors (Lipinski definition) is 2. The smallest absolute Gasteiger partial charge is 0.329 e. The number of aliphatic carboxylic acids is 1. The normalized spacial score (nSPS) is 17.2. The maximum atomic E-state index is 12.2. The molecule has 0 aromatic carbocycles. The van der Waals surface area contributed by atoms with Gasteiger partial charge in [-0.15, -0.1) is 0 Å². The van der Waals surface area contributed by atoms with E-state index in [2.05, 4.69) is 10.4 Å². The number of rotatable bonds is 5. The number of carboxylic acid groups (broad SMARTS) is 1. The Kier molecular flexibility index (Phi) is 4.88. The van der Waals surface area contributed by atoms with E-state index in [1.807, 2.05) is 25.6 Å². The van der Waals surface area contributed by atoms with Crippen LogP contribution in [0.5, 0.6) is 0 Å². The zero-order chi connectivity index (χ0) is 16.3. The molecular formula is C16H25N3O3. The SMILES string of the molecule is Cc1nn(C)c(C)c1CCC(=O)NC1(C(=O)O)CCCCC1. The number of carbonyl (C=O) groups is 2. The molecule has 1 aliphatic rings. The summed E-state index contributed by atoms with van der Waals surface area (Å²) in [4.78, 5) is 23.8. The lowest BCUT2D eigenvalue weighted by Crippen LogP contribution is -2.55. The van der Waals surface area contributed by atoms with Gasteiger partial charge in [-0.1, -0.05) is 19.3 Å². The second-order valence-electron chi connectivity index (χ2n) is 6.27. The van der Waals surface area contributed by atoms with Crippen molar-refractivity contribution >= 4 is 11.9 Å². The van der Waals surface area contributed by atoms with Gasteiger partial charge in [0, 0.05) is 19.2 Å². The zero-order valence-corrected chi connectivity index (χ0v) is 13.6. The van der Waals surface area contributed by atoms with Crippen LogP contribution in [-0.4, -0.2) is 32.3 Å². The summed E-state index contributed by atoms with van der Waals surface area (Å²) in [6.45, 7) is 3.91. The highest BCUT2D eigenvalue weighted by Gasteiger charge is 2.40. The summed E-state index contributed by atoms with van der Waals surface area (Å²) in [5, 5.41) is 16.6. The minimum atomic E-state index is -1.06. The Balaban J connectivity index is 1.98. The number of hydrogen-bond acceptors (Lipinski definition) is 3. The topological polar surface area (TPSA) is 84.2 Å². The van der Waals surface area contributed by atoms with Gasteiger partial charge in [0.05, 0.1) is 5.69 Å². The van der Waals surface area contributed by atoms with Crippen LogP contribution in [0.3, 0.4) is 0 Å². The third-order valence-corrected chi connectivity index (χ3v) is 4.76. The first-order chi connectivity index (χ1) is 10.4. The Morgan fingerprint density at radius 2 is 1.91 bits per heavy atom.